The highest BCUT2D eigenvalue weighted by Gasteiger charge is 2.04. The molecule has 0 saturated heterocycles. The summed E-state index contributed by atoms with van der Waals surface area (Å²) in [6.45, 7) is 6.80. The molecule has 0 aliphatic heterocycles. The van der Waals surface area contributed by atoms with Gasteiger partial charge in [-0.1, -0.05) is 38.8 Å². The number of anilines is 1. The van der Waals surface area contributed by atoms with Crippen LogP contribution in [-0.2, 0) is 0 Å². The van der Waals surface area contributed by atoms with Gasteiger partial charge in [-0.05, 0) is 37.0 Å². The van der Waals surface area contributed by atoms with Crippen molar-refractivity contribution in [2.45, 2.75) is 46.1 Å². The van der Waals surface area contributed by atoms with E-state index in [1.807, 2.05) is 18.2 Å². The van der Waals surface area contributed by atoms with E-state index in [4.69, 9.17) is 0 Å². The summed E-state index contributed by atoms with van der Waals surface area (Å²) in [5.41, 5.74) is 1.49. The number of urea groups is 1. The maximum absolute atomic E-state index is 11.7. The topological polar surface area (TPSA) is 61.4 Å². The highest BCUT2D eigenvalue weighted by atomic mass is 16.3. The largest absolute Gasteiger partial charge is 0.389 e. The summed E-state index contributed by atoms with van der Waals surface area (Å²) in [4.78, 5) is 11.7. The van der Waals surface area contributed by atoms with E-state index in [1.54, 1.807) is 13.0 Å². The normalized spacial score (nSPS) is 12.2. The summed E-state index contributed by atoms with van der Waals surface area (Å²) in [6, 6.07) is 7.05. The first-order valence-electron chi connectivity index (χ1n) is 7.32. The van der Waals surface area contributed by atoms with Crippen molar-refractivity contribution in [3.05, 3.63) is 29.8 Å². The molecule has 1 aromatic rings. The van der Waals surface area contributed by atoms with Crippen LogP contribution in [-0.4, -0.2) is 17.7 Å². The summed E-state index contributed by atoms with van der Waals surface area (Å²) >= 11 is 0. The molecule has 2 amide bonds. The van der Waals surface area contributed by atoms with Crippen molar-refractivity contribution in [1.82, 2.24) is 5.32 Å². The SMILES string of the molecule is CC(C)CCCCNC(=O)Nc1cccc(C(C)O)c1. The first-order chi connectivity index (χ1) is 9.49. The molecule has 3 N–H and O–H groups in total. The molecule has 0 radical (unpaired) electrons. The molecule has 4 nitrogen and oxygen atoms in total. The lowest BCUT2D eigenvalue weighted by molar-refractivity contribution is 0.199. The van der Waals surface area contributed by atoms with Gasteiger partial charge in [0, 0.05) is 12.2 Å². The third-order valence-corrected chi connectivity index (χ3v) is 3.12. The van der Waals surface area contributed by atoms with Crippen molar-refractivity contribution in [3.63, 3.8) is 0 Å². The second kappa shape index (κ2) is 8.59. The molecule has 0 aliphatic rings. The second-order valence-electron chi connectivity index (χ2n) is 5.57. The molecule has 0 aliphatic carbocycles. The van der Waals surface area contributed by atoms with Crippen molar-refractivity contribution in [2.75, 3.05) is 11.9 Å². The predicted octanol–water partition coefficient (Wildman–Crippen LogP) is 3.69. The zero-order valence-corrected chi connectivity index (χ0v) is 12.6. The van der Waals surface area contributed by atoms with Crippen LogP contribution in [0.1, 0.15) is 51.7 Å². The van der Waals surface area contributed by atoms with Crippen molar-refractivity contribution >= 4 is 11.7 Å². The Kier molecular flexibility index (Phi) is 7.09. The molecular formula is C16H26N2O2. The molecule has 0 bridgehead atoms. The first-order valence-corrected chi connectivity index (χ1v) is 7.32. The summed E-state index contributed by atoms with van der Waals surface area (Å²) < 4.78 is 0. The number of aliphatic hydroxyl groups is 1. The fourth-order valence-electron chi connectivity index (χ4n) is 1.93. The van der Waals surface area contributed by atoms with E-state index in [2.05, 4.69) is 24.5 Å². The molecule has 0 aromatic heterocycles. The molecule has 1 aromatic carbocycles. The fourth-order valence-corrected chi connectivity index (χ4v) is 1.93. The Morgan fingerprint density at radius 3 is 2.65 bits per heavy atom. The van der Waals surface area contributed by atoms with Gasteiger partial charge in [-0.2, -0.15) is 0 Å². The lowest BCUT2D eigenvalue weighted by atomic mass is 10.1. The lowest BCUT2D eigenvalue weighted by Crippen LogP contribution is -2.29. The van der Waals surface area contributed by atoms with Gasteiger partial charge in [0.15, 0.2) is 0 Å². The number of unbranched alkanes of at least 4 members (excludes halogenated alkanes) is 1. The summed E-state index contributed by atoms with van der Waals surface area (Å²) in [6.07, 6.45) is 2.80. The van der Waals surface area contributed by atoms with Crippen LogP contribution in [0.5, 0.6) is 0 Å². The Morgan fingerprint density at radius 1 is 1.25 bits per heavy atom. The highest BCUT2D eigenvalue weighted by molar-refractivity contribution is 5.89. The van der Waals surface area contributed by atoms with E-state index in [0.717, 1.165) is 18.4 Å². The van der Waals surface area contributed by atoms with Crippen LogP contribution in [0.25, 0.3) is 0 Å². The standard InChI is InChI=1S/C16H26N2O2/c1-12(2)7-4-5-10-17-16(20)18-15-9-6-8-14(11-15)13(3)19/h6,8-9,11-13,19H,4-5,7,10H2,1-3H3,(H2,17,18,20). The minimum absolute atomic E-state index is 0.197. The summed E-state index contributed by atoms with van der Waals surface area (Å²) in [5.74, 6) is 0.715. The van der Waals surface area contributed by atoms with Gasteiger partial charge in [0.25, 0.3) is 0 Å². The Morgan fingerprint density at radius 2 is 2.00 bits per heavy atom. The third-order valence-electron chi connectivity index (χ3n) is 3.12. The fraction of sp³-hybridized carbons (Fsp3) is 0.562. The zero-order chi connectivity index (χ0) is 15.0. The minimum Gasteiger partial charge on any atom is -0.389 e. The number of carbonyl (C=O) groups excluding carboxylic acids is 1. The molecule has 20 heavy (non-hydrogen) atoms. The Labute approximate surface area is 121 Å². The molecule has 4 heteroatoms. The van der Waals surface area contributed by atoms with Gasteiger partial charge in [-0.3, -0.25) is 0 Å². The minimum atomic E-state index is -0.532. The number of carbonyl (C=O) groups is 1. The van der Waals surface area contributed by atoms with E-state index < -0.39 is 6.10 Å². The maximum atomic E-state index is 11.7. The maximum Gasteiger partial charge on any atom is 0.319 e. The van der Waals surface area contributed by atoms with Gasteiger partial charge in [-0.25, -0.2) is 4.79 Å². The van der Waals surface area contributed by atoms with E-state index in [1.165, 1.54) is 6.42 Å². The summed E-state index contributed by atoms with van der Waals surface area (Å²) in [7, 11) is 0. The zero-order valence-electron chi connectivity index (χ0n) is 12.6. The van der Waals surface area contributed by atoms with Crippen molar-refractivity contribution < 1.29 is 9.90 Å². The summed E-state index contributed by atoms with van der Waals surface area (Å²) in [5, 5.41) is 15.1. The quantitative estimate of drug-likeness (QED) is 0.666. The number of benzene rings is 1. The smallest absolute Gasteiger partial charge is 0.319 e. The number of amides is 2. The highest BCUT2D eigenvalue weighted by Crippen LogP contribution is 2.16. The van der Waals surface area contributed by atoms with Crippen LogP contribution in [0, 0.1) is 5.92 Å². The van der Waals surface area contributed by atoms with Crippen molar-refractivity contribution in [2.24, 2.45) is 5.92 Å². The van der Waals surface area contributed by atoms with Crippen LogP contribution in [0.3, 0.4) is 0 Å². The number of hydrogen-bond donors (Lipinski definition) is 3. The third kappa shape index (κ3) is 6.57. The lowest BCUT2D eigenvalue weighted by Gasteiger charge is -2.10. The number of nitrogens with one attached hydrogen (secondary N) is 2. The molecule has 0 saturated carbocycles. The molecule has 1 unspecified atom stereocenters. The van der Waals surface area contributed by atoms with Crippen LogP contribution in [0.15, 0.2) is 24.3 Å². The molecule has 0 fully saturated rings. The predicted molar refractivity (Wildman–Crippen MR) is 82.8 cm³/mol. The van der Waals surface area contributed by atoms with E-state index in [9.17, 15) is 9.90 Å². The molecule has 0 heterocycles. The average molecular weight is 278 g/mol. The van der Waals surface area contributed by atoms with Crippen LogP contribution >= 0.6 is 0 Å². The molecule has 1 rings (SSSR count). The Hall–Kier alpha value is -1.55. The van der Waals surface area contributed by atoms with Gasteiger partial charge < -0.3 is 15.7 Å². The van der Waals surface area contributed by atoms with Crippen LogP contribution < -0.4 is 10.6 Å². The van der Waals surface area contributed by atoms with Crippen molar-refractivity contribution in [3.8, 4) is 0 Å². The van der Waals surface area contributed by atoms with E-state index >= 15 is 0 Å². The molecule has 112 valence electrons. The van der Waals surface area contributed by atoms with E-state index in [0.29, 0.717) is 18.2 Å². The van der Waals surface area contributed by atoms with E-state index in [-0.39, 0.29) is 6.03 Å². The molecular weight excluding hydrogens is 252 g/mol. The second-order valence-corrected chi connectivity index (χ2v) is 5.57. The molecule has 1 atom stereocenters. The van der Waals surface area contributed by atoms with Gasteiger partial charge in [-0.15, -0.1) is 0 Å². The first kappa shape index (κ1) is 16.5. The van der Waals surface area contributed by atoms with Crippen molar-refractivity contribution in [1.29, 1.82) is 0 Å². The Bertz CT molecular complexity index is 417. The monoisotopic (exact) mass is 278 g/mol. The number of hydrogen-bond acceptors (Lipinski definition) is 2. The van der Waals surface area contributed by atoms with Gasteiger partial charge in [0.2, 0.25) is 0 Å². The molecule has 0 spiro atoms. The van der Waals surface area contributed by atoms with Gasteiger partial charge in [0.1, 0.15) is 0 Å². The van der Waals surface area contributed by atoms with Gasteiger partial charge in [0.05, 0.1) is 6.10 Å². The Balaban J connectivity index is 2.30. The average Bonchev–Trinajstić information content (AvgIpc) is 2.38. The van der Waals surface area contributed by atoms with Crippen LogP contribution in [0.2, 0.25) is 0 Å². The number of aliphatic hydroxyl groups excluding tert-OH is 1. The number of rotatable bonds is 7. The van der Waals surface area contributed by atoms with Gasteiger partial charge >= 0.3 is 6.03 Å². The van der Waals surface area contributed by atoms with Crippen LogP contribution in [0.4, 0.5) is 10.5 Å².